The van der Waals surface area contributed by atoms with Crippen molar-refractivity contribution < 1.29 is 36.6 Å². The van der Waals surface area contributed by atoms with E-state index in [4.69, 9.17) is 4.74 Å². The summed E-state index contributed by atoms with van der Waals surface area (Å²) < 4.78 is 59.4. The molecule has 6 nitrogen and oxygen atoms in total. The number of hydrogen-bond acceptors (Lipinski definition) is 4. The number of nitrogens with zero attached hydrogens (tertiary/aromatic N) is 1. The van der Waals surface area contributed by atoms with E-state index in [1.807, 2.05) is 0 Å². The lowest BCUT2D eigenvalue weighted by Gasteiger charge is -2.22. The first-order valence-corrected chi connectivity index (χ1v) is 8.36. The van der Waals surface area contributed by atoms with E-state index in [1.165, 1.54) is 38.3 Å². The first kappa shape index (κ1) is 20.4. The second-order valence-corrected chi connectivity index (χ2v) is 6.49. The highest BCUT2D eigenvalue weighted by molar-refractivity contribution is 6.07. The number of halogens is 4. The molecule has 1 aliphatic heterocycles. The van der Waals surface area contributed by atoms with E-state index in [9.17, 15) is 27.2 Å². The molecular formula is C19H16F4N2O4. The van der Waals surface area contributed by atoms with Crippen molar-refractivity contribution in [3.8, 4) is 11.5 Å². The van der Waals surface area contributed by atoms with Crippen LogP contribution in [-0.4, -0.2) is 30.3 Å². The van der Waals surface area contributed by atoms with Gasteiger partial charge in [0.15, 0.2) is 11.6 Å². The maximum atomic E-state index is 13.9. The minimum atomic E-state index is -4.84. The molecule has 1 aliphatic rings. The molecule has 1 unspecified atom stereocenters. The van der Waals surface area contributed by atoms with E-state index >= 15 is 0 Å². The van der Waals surface area contributed by atoms with Crippen LogP contribution in [0, 0.1) is 5.82 Å². The summed E-state index contributed by atoms with van der Waals surface area (Å²) in [6.45, 7) is 1.25. The Morgan fingerprint density at radius 2 is 1.76 bits per heavy atom. The van der Waals surface area contributed by atoms with Crippen molar-refractivity contribution in [2.75, 3.05) is 7.11 Å². The first-order chi connectivity index (χ1) is 13.5. The molecule has 3 rings (SSSR count). The predicted molar refractivity (Wildman–Crippen MR) is 92.5 cm³/mol. The maximum Gasteiger partial charge on any atom is 0.573 e. The average Bonchev–Trinajstić information content (AvgIpc) is 2.85. The van der Waals surface area contributed by atoms with E-state index in [2.05, 4.69) is 10.1 Å². The summed E-state index contributed by atoms with van der Waals surface area (Å²) >= 11 is 0. The summed E-state index contributed by atoms with van der Waals surface area (Å²) in [6, 6.07) is 7.96. The topological polar surface area (TPSA) is 67.9 Å². The number of nitrogens with one attached hydrogen (secondary N) is 1. The third-order valence-electron chi connectivity index (χ3n) is 4.50. The van der Waals surface area contributed by atoms with Gasteiger partial charge < -0.3 is 14.8 Å². The smallest absolute Gasteiger partial charge is 0.494 e. The molecule has 0 aliphatic carbocycles. The first-order valence-electron chi connectivity index (χ1n) is 8.36. The van der Waals surface area contributed by atoms with Crippen molar-refractivity contribution in [2.45, 2.75) is 25.4 Å². The number of alkyl halides is 3. The molecule has 10 heteroatoms. The molecule has 1 fully saturated rings. The Morgan fingerprint density at radius 1 is 1.10 bits per heavy atom. The molecule has 154 valence electrons. The van der Waals surface area contributed by atoms with Crippen LogP contribution in [0.2, 0.25) is 0 Å². The zero-order valence-corrected chi connectivity index (χ0v) is 15.3. The third kappa shape index (κ3) is 4.10. The fourth-order valence-electron chi connectivity index (χ4n) is 3.02. The standard InChI is InChI=1S/C19H16F4N2O4/c1-18(12-4-6-13(7-5-12)29-19(21,22)23)16(26)25(17(27)24-18)10-11-3-8-15(28-2)14(20)9-11/h3-9H,10H2,1-2H3,(H,24,27). The number of hydrogen-bond donors (Lipinski definition) is 1. The van der Waals surface area contributed by atoms with Gasteiger partial charge in [0.05, 0.1) is 13.7 Å². The van der Waals surface area contributed by atoms with Gasteiger partial charge in [0, 0.05) is 0 Å². The highest BCUT2D eigenvalue weighted by atomic mass is 19.4. The molecule has 0 bridgehead atoms. The van der Waals surface area contributed by atoms with Crippen LogP contribution in [0.15, 0.2) is 42.5 Å². The van der Waals surface area contributed by atoms with Crippen molar-refractivity contribution in [1.82, 2.24) is 10.2 Å². The van der Waals surface area contributed by atoms with Gasteiger partial charge in [0.2, 0.25) is 0 Å². The fraction of sp³-hybridized carbons (Fsp3) is 0.263. The number of ether oxygens (including phenoxy) is 2. The number of amides is 3. The Hall–Kier alpha value is -3.30. The van der Waals surface area contributed by atoms with E-state index < -0.39 is 35.4 Å². The summed E-state index contributed by atoms with van der Waals surface area (Å²) in [5.74, 6) is -1.69. The third-order valence-corrected chi connectivity index (χ3v) is 4.50. The lowest BCUT2D eigenvalue weighted by Crippen LogP contribution is -2.40. The molecule has 1 N–H and O–H groups in total. The minimum absolute atomic E-state index is 0.0250. The van der Waals surface area contributed by atoms with Gasteiger partial charge in [-0.3, -0.25) is 9.69 Å². The molecular weight excluding hydrogens is 396 g/mol. The number of urea groups is 1. The molecule has 2 aromatic rings. The number of rotatable bonds is 5. The van der Waals surface area contributed by atoms with Gasteiger partial charge in [0.25, 0.3) is 5.91 Å². The lowest BCUT2D eigenvalue weighted by atomic mass is 9.92. The number of carbonyl (C=O) groups is 2. The second-order valence-electron chi connectivity index (χ2n) is 6.49. The van der Waals surface area contributed by atoms with Gasteiger partial charge in [-0.15, -0.1) is 13.2 Å². The van der Waals surface area contributed by atoms with Crippen molar-refractivity contribution >= 4 is 11.9 Å². The zero-order valence-electron chi connectivity index (χ0n) is 15.3. The summed E-state index contributed by atoms with van der Waals surface area (Å²) in [5, 5.41) is 2.53. The molecule has 1 atom stereocenters. The van der Waals surface area contributed by atoms with E-state index in [0.717, 1.165) is 23.1 Å². The van der Waals surface area contributed by atoms with Gasteiger partial charge in [-0.05, 0) is 42.3 Å². The Morgan fingerprint density at radius 3 is 2.31 bits per heavy atom. The molecule has 3 amide bonds. The van der Waals surface area contributed by atoms with Gasteiger partial charge in [-0.2, -0.15) is 0 Å². The van der Waals surface area contributed by atoms with Crippen LogP contribution in [0.1, 0.15) is 18.1 Å². The molecule has 0 spiro atoms. The number of carbonyl (C=O) groups excluding carboxylic acids is 2. The number of imide groups is 1. The van der Waals surface area contributed by atoms with Crippen LogP contribution in [0.4, 0.5) is 22.4 Å². The molecule has 1 saturated heterocycles. The Labute approximate surface area is 163 Å². The summed E-state index contributed by atoms with van der Waals surface area (Å²) in [7, 11) is 1.31. The quantitative estimate of drug-likeness (QED) is 0.601. The van der Waals surface area contributed by atoms with Crippen LogP contribution >= 0.6 is 0 Å². The van der Waals surface area contributed by atoms with Gasteiger partial charge in [-0.25, -0.2) is 9.18 Å². The summed E-state index contributed by atoms with van der Waals surface area (Å²) in [6.07, 6.45) is -4.84. The van der Waals surface area contributed by atoms with Gasteiger partial charge in [-0.1, -0.05) is 18.2 Å². The van der Waals surface area contributed by atoms with Crippen molar-refractivity contribution in [2.24, 2.45) is 0 Å². The lowest BCUT2D eigenvalue weighted by molar-refractivity contribution is -0.274. The predicted octanol–water partition coefficient (Wildman–Crippen LogP) is 3.70. The SMILES string of the molecule is COc1ccc(CN2C(=O)NC(C)(c3ccc(OC(F)(F)F)cc3)C2=O)cc1F. The second kappa shape index (κ2) is 7.26. The Kier molecular flexibility index (Phi) is 5.12. The zero-order chi connectivity index (χ0) is 21.4. The van der Waals surface area contributed by atoms with Gasteiger partial charge >= 0.3 is 12.4 Å². The van der Waals surface area contributed by atoms with Gasteiger partial charge in [0.1, 0.15) is 11.3 Å². The normalized spacial score (nSPS) is 19.3. The fourth-order valence-corrected chi connectivity index (χ4v) is 3.02. The highest BCUT2D eigenvalue weighted by Gasteiger charge is 2.49. The van der Waals surface area contributed by atoms with Crippen molar-refractivity contribution in [3.63, 3.8) is 0 Å². The van der Waals surface area contributed by atoms with E-state index in [1.54, 1.807) is 0 Å². The van der Waals surface area contributed by atoms with Crippen LogP contribution in [-0.2, 0) is 16.9 Å². The molecule has 29 heavy (non-hydrogen) atoms. The highest BCUT2D eigenvalue weighted by Crippen LogP contribution is 2.32. The van der Waals surface area contributed by atoms with Crippen LogP contribution < -0.4 is 14.8 Å². The largest absolute Gasteiger partial charge is 0.573 e. The summed E-state index contributed by atoms with van der Waals surface area (Å²) in [5.41, 5.74) is -0.849. The maximum absolute atomic E-state index is 13.9. The van der Waals surface area contributed by atoms with Crippen LogP contribution in [0.3, 0.4) is 0 Å². The monoisotopic (exact) mass is 412 g/mol. The molecule has 0 aromatic heterocycles. The number of methoxy groups -OCH3 is 1. The van der Waals surface area contributed by atoms with Crippen LogP contribution in [0.5, 0.6) is 11.5 Å². The van der Waals surface area contributed by atoms with E-state index in [0.29, 0.717) is 5.56 Å². The van der Waals surface area contributed by atoms with Crippen molar-refractivity contribution in [1.29, 1.82) is 0 Å². The molecule has 2 aromatic carbocycles. The molecule has 1 heterocycles. The van der Waals surface area contributed by atoms with E-state index in [-0.39, 0.29) is 17.9 Å². The van der Waals surface area contributed by atoms with Crippen molar-refractivity contribution in [3.05, 3.63) is 59.4 Å². The Balaban J connectivity index is 1.81. The molecule has 0 saturated carbocycles. The average molecular weight is 412 g/mol. The minimum Gasteiger partial charge on any atom is -0.494 e. The number of benzene rings is 2. The summed E-state index contributed by atoms with van der Waals surface area (Å²) in [4.78, 5) is 26.1. The molecule has 0 radical (unpaired) electrons. The Bertz CT molecular complexity index is 946. The van der Waals surface area contributed by atoms with Crippen LogP contribution in [0.25, 0.3) is 0 Å².